The summed E-state index contributed by atoms with van der Waals surface area (Å²) in [6.07, 6.45) is 2.73. The molecule has 1 fully saturated rings. The van der Waals surface area contributed by atoms with Crippen molar-refractivity contribution in [3.8, 4) is 0 Å². The molecule has 1 nitrogen and oxygen atoms in total. The molecule has 12 heavy (non-hydrogen) atoms. The van der Waals surface area contributed by atoms with E-state index >= 15 is 0 Å². The highest BCUT2D eigenvalue weighted by Crippen LogP contribution is 2.27. The van der Waals surface area contributed by atoms with E-state index in [0.29, 0.717) is 5.37 Å². The van der Waals surface area contributed by atoms with E-state index in [-0.39, 0.29) is 0 Å². The predicted molar refractivity (Wildman–Crippen MR) is 60.7 cm³/mol. The number of hydrogen-bond acceptors (Lipinski definition) is 2. The van der Waals surface area contributed by atoms with Crippen LogP contribution in [0.15, 0.2) is 0 Å². The van der Waals surface area contributed by atoms with Gasteiger partial charge in [0.1, 0.15) is 7.85 Å². The number of rotatable bonds is 2. The molecule has 0 saturated carbocycles. The summed E-state index contributed by atoms with van der Waals surface area (Å²) >= 11 is 4.45. The second-order valence-corrected chi connectivity index (χ2v) is 5.00. The van der Waals surface area contributed by atoms with Crippen molar-refractivity contribution < 1.29 is 0 Å². The van der Waals surface area contributed by atoms with Gasteiger partial charge in [0.15, 0.2) is 0 Å². The summed E-state index contributed by atoms with van der Waals surface area (Å²) in [6, 6.07) is 0. The van der Waals surface area contributed by atoms with E-state index in [1.165, 1.54) is 25.9 Å². The van der Waals surface area contributed by atoms with E-state index < -0.39 is 0 Å². The van der Waals surface area contributed by atoms with Crippen molar-refractivity contribution in [2.24, 2.45) is 5.92 Å². The third-order valence-corrected chi connectivity index (χ3v) is 3.37. The number of nitrogens with zero attached hydrogens (tertiary/aromatic N) is 1. The molecule has 2 unspecified atom stereocenters. The van der Waals surface area contributed by atoms with Gasteiger partial charge in [0.25, 0.3) is 0 Å². The Balaban J connectivity index is 2.30. The van der Waals surface area contributed by atoms with Gasteiger partial charge in [-0.1, -0.05) is 12.7 Å². The fourth-order valence-electron chi connectivity index (χ4n) is 1.96. The number of likely N-dealkylation sites (tertiary alicyclic amines) is 1. The Morgan fingerprint density at radius 1 is 1.33 bits per heavy atom. The highest BCUT2D eigenvalue weighted by atomic mass is 32.1. The van der Waals surface area contributed by atoms with Crippen molar-refractivity contribution >= 4 is 20.5 Å². The van der Waals surface area contributed by atoms with E-state index in [1.54, 1.807) is 0 Å². The van der Waals surface area contributed by atoms with Gasteiger partial charge in [0.2, 0.25) is 0 Å². The summed E-state index contributed by atoms with van der Waals surface area (Å²) in [5.74, 6) is 1.82. The lowest BCUT2D eigenvalue weighted by Crippen LogP contribution is -2.38. The summed E-state index contributed by atoms with van der Waals surface area (Å²) in [5, 5.41) is 0.443. The van der Waals surface area contributed by atoms with Gasteiger partial charge >= 0.3 is 0 Å². The molecule has 0 N–H and O–H groups in total. The molecule has 70 valence electrons. The molecule has 0 aromatic carbocycles. The Bertz CT molecular complexity index is 114. The van der Waals surface area contributed by atoms with Crippen LogP contribution in [0.25, 0.3) is 0 Å². The monoisotopic (exact) mass is 185 g/mol. The van der Waals surface area contributed by atoms with Crippen LogP contribution in [0.2, 0.25) is 5.82 Å². The van der Waals surface area contributed by atoms with E-state index in [4.69, 9.17) is 0 Å². The van der Waals surface area contributed by atoms with Gasteiger partial charge in [-0.05, 0) is 38.8 Å². The first-order valence-electron chi connectivity index (χ1n) is 5.03. The Labute approximate surface area is 82.7 Å². The van der Waals surface area contributed by atoms with Crippen LogP contribution in [-0.4, -0.2) is 31.2 Å². The van der Waals surface area contributed by atoms with Gasteiger partial charge in [-0.2, -0.15) is 12.6 Å². The zero-order valence-corrected chi connectivity index (χ0v) is 9.35. The van der Waals surface area contributed by atoms with E-state index in [1.807, 2.05) is 0 Å². The van der Waals surface area contributed by atoms with Crippen LogP contribution in [0.3, 0.4) is 0 Å². The third-order valence-electron chi connectivity index (χ3n) is 3.05. The molecule has 1 heterocycles. The summed E-state index contributed by atoms with van der Waals surface area (Å²) in [6.45, 7) is 6.99. The van der Waals surface area contributed by atoms with Crippen molar-refractivity contribution in [3.05, 3.63) is 0 Å². The van der Waals surface area contributed by atoms with E-state index in [2.05, 4.69) is 39.2 Å². The van der Waals surface area contributed by atoms with Crippen LogP contribution in [0, 0.1) is 5.92 Å². The molecule has 0 spiro atoms. The van der Waals surface area contributed by atoms with Crippen LogP contribution in [0.5, 0.6) is 0 Å². The third kappa shape index (κ3) is 2.70. The molecule has 1 aliphatic heterocycles. The van der Waals surface area contributed by atoms with Crippen molar-refractivity contribution in [2.45, 2.75) is 37.9 Å². The fourth-order valence-corrected chi connectivity index (χ4v) is 2.19. The standard InChI is InChI=1S/C9H20BNS/c1-7(10)9-3-5-11(6-4-9)8(2)12/h7-9,12H,3-6,10H2,1-2H3. The molecule has 0 radical (unpaired) electrons. The molecule has 2 atom stereocenters. The number of piperidine rings is 1. The smallest absolute Gasteiger partial charge is 0.105 e. The first-order valence-corrected chi connectivity index (χ1v) is 5.55. The van der Waals surface area contributed by atoms with Gasteiger partial charge < -0.3 is 0 Å². The Hall–Kier alpha value is 0.375. The minimum Gasteiger partial charge on any atom is -0.292 e. The number of hydrogen-bond donors (Lipinski definition) is 1. The lowest BCUT2D eigenvalue weighted by molar-refractivity contribution is 0.177. The average Bonchev–Trinajstić information content (AvgIpc) is 2.04. The van der Waals surface area contributed by atoms with Gasteiger partial charge in [-0.25, -0.2) is 0 Å². The van der Waals surface area contributed by atoms with Crippen molar-refractivity contribution in [1.29, 1.82) is 0 Å². The second kappa shape index (κ2) is 4.57. The highest BCUT2D eigenvalue weighted by molar-refractivity contribution is 7.80. The molecule has 0 aromatic heterocycles. The Morgan fingerprint density at radius 3 is 2.17 bits per heavy atom. The lowest BCUT2D eigenvalue weighted by atomic mass is 9.74. The quantitative estimate of drug-likeness (QED) is 0.503. The van der Waals surface area contributed by atoms with E-state index in [9.17, 15) is 0 Å². The predicted octanol–water partition coefficient (Wildman–Crippen LogP) is 1.42. The van der Waals surface area contributed by atoms with Crippen molar-refractivity contribution in [3.63, 3.8) is 0 Å². The van der Waals surface area contributed by atoms with Crippen LogP contribution >= 0.6 is 12.6 Å². The van der Waals surface area contributed by atoms with Gasteiger partial charge in [0, 0.05) is 5.37 Å². The summed E-state index contributed by atoms with van der Waals surface area (Å²) in [5.41, 5.74) is 0. The van der Waals surface area contributed by atoms with Gasteiger partial charge in [0.05, 0.1) is 0 Å². The van der Waals surface area contributed by atoms with Gasteiger partial charge in [-0.3, -0.25) is 4.90 Å². The maximum Gasteiger partial charge on any atom is 0.105 e. The minimum atomic E-state index is 0.443. The zero-order chi connectivity index (χ0) is 9.14. The number of thiol groups is 1. The summed E-state index contributed by atoms with van der Waals surface area (Å²) < 4.78 is 0. The van der Waals surface area contributed by atoms with Crippen LogP contribution in [-0.2, 0) is 0 Å². The van der Waals surface area contributed by atoms with Gasteiger partial charge in [-0.15, -0.1) is 0 Å². The topological polar surface area (TPSA) is 3.24 Å². The van der Waals surface area contributed by atoms with Crippen LogP contribution in [0.4, 0.5) is 0 Å². The summed E-state index contributed by atoms with van der Waals surface area (Å²) in [4.78, 5) is 2.46. The lowest BCUT2D eigenvalue weighted by Gasteiger charge is -2.35. The SMILES string of the molecule is BC(C)C1CCN(C(C)S)CC1. The maximum atomic E-state index is 4.45. The molecule has 3 heteroatoms. The second-order valence-electron chi connectivity index (χ2n) is 4.25. The molecule has 1 aliphatic rings. The largest absolute Gasteiger partial charge is 0.292 e. The fraction of sp³-hybridized carbons (Fsp3) is 1.00. The highest BCUT2D eigenvalue weighted by Gasteiger charge is 2.22. The first-order chi connectivity index (χ1) is 5.61. The molecule has 0 aromatic rings. The minimum absolute atomic E-state index is 0.443. The molecule has 0 bridgehead atoms. The molecule has 1 rings (SSSR count). The molecular formula is C9H20BNS. The normalized spacial score (nSPS) is 26.9. The van der Waals surface area contributed by atoms with E-state index in [0.717, 1.165) is 11.7 Å². The maximum absolute atomic E-state index is 4.45. The molecular weight excluding hydrogens is 165 g/mol. The Morgan fingerprint density at radius 2 is 1.83 bits per heavy atom. The average molecular weight is 185 g/mol. The summed E-state index contributed by atoms with van der Waals surface area (Å²) in [7, 11) is 2.34. The van der Waals surface area contributed by atoms with Crippen LogP contribution < -0.4 is 0 Å². The van der Waals surface area contributed by atoms with Crippen molar-refractivity contribution in [1.82, 2.24) is 4.90 Å². The molecule has 0 amide bonds. The zero-order valence-electron chi connectivity index (χ0n) is 8.45. The van der Waals surface area contributed by atoms with Crippen molar-refractivity contribution in [2.75, 3.05) is 13.1 Å². The molecule has 1 saturated heterocycles. The first kappa shape index (κ1) is 10.5. The Kier molecular flexibility index (Phi) is 3.98. The molecule has 0 aliphatic carbocycles. The van der Waals surface area contributed by atoms with Crippen LogP contribution in [0.1, 0.15) is 26.7 Å².